The number of rotatable bonds is 5. The fourth-order valence-corrected chi connectivity index (χ4v) is 1.45. The van der Waals surface area contributed by atoms with Crippen LogP contribution in [0.2, 0.25) is 0 Å². The topological polar surface area (TPSA) is 84.2 Å². The summed E-state index contributed by atoms with van der Waals surface area (Å²) in [6.07, 6.45) is 0.815. The first-order valence-electron chi connectivity index (χ1n) is 5.96. The SMILES string of the molecule is CC[C@@H](C)C(=O)NCc1cccc(NC(N)=O)c1. The third kappa shape index (κ3) is 4.45. The summed E-state index contributed by atoms with van der Waals surface area (Å²) in [5.74, 6) is 0.0442. The minimum atomic E-state index is -0.601. The van der Waals surface area contributed by atoms with E-state index in [2.05, 4.69) is 10.6 Å². The van der Waals surface area contributed by atoms with E-state index in [1.807, 2.05) is 19.9 Å². The minimum Gasteiger partial charge on any atom is -0.352 e. The van der Waals surface area contributed by atoms with Crippen LogP contribution in [-0.4, -0.2) is 11.9 Å². The average molecular weight is 249 g/mol. The van der Waals surface area contributed by atoms with Crippen LogP contribution < -0.4 is 16.4 Å². The zero-order chi connectivity index (χ0) is 13.5. The van der Waals surface area contributed by atoms with E-state index in [9.17, 15) is 9.59 Å². The molecule has 0 aliphatic rings. The van der Waals surface area contributed by atoms with Crippen molar-refractivity contribution in [3.63, 3.8) is 0 Å². The average Bonchev–Trinajstić information content (AvgIpc) is 2.34. The summed E-state index contributed by atoms with van der Waals surface area (Å²) in [5.41, 5.74) is 6.57. The summed E-state index contributed by atoms with van der Waals surface area (Å²) in [6, 6.07) is 6.60. The number of hydrogen-bond acceptors (Lipinski definition) is 2. The molecule has 0 radical (unpaired) electrons. The molecule has 0 saturated carbocycles. The maximum atomic E-state index is 11.6. The number of carbonyl (C=O) groups is 2. The van der Waals surface area contributed by atoms with Crippen LogP contribution in [0, 0.1) is 5.92 Å². The van der Waals surface area contributed by atoms with E-state index in [4.69, 9.17) is 5.73 Å². The van der Waals surface area contributed by atoms with E-state index in [1.54, 1.807) is 18.2 Å². The van der Waals surface area contributed by atoms with Crippen molar-refractivity contribution in [2.45, 2.75) is 26.8 Å². The molecule has 0 aromatic heterocycles. The fraction of sp³-hybridized carbons (Fsp3) is 0.385. The van der Waals surface area contributed by atoms with Gasteiger partial charge in [0.05, 0.1) is 0 Å². The van der Waals surface area contributed by atoms with Gasteiger partial charge in [-0.3, -0.25) is 4.79 Å². The predicted octanol–water partition coefficient (Wildman–Crippen LogP) is 1.84. The zero-order valence-electron chi connectivity index (χ0n) is 10.7. The van der Waals surface area contributed by atoms with Crippen LogP contribution in [0.3, 0.4) is 0 Å². The highest BCUT2D eigenvalue weighted by Crippen LogP contribution is 2.10. The van der Waals surface area contributed by atoms with Crippen molar-refractivity contribution in [1.82, 2.24) is 5.32 Å². The Labute approximate surface area is 107 Å². The Hall–Kier alpha value is -2.04. The third-order valence-electron chi connectivity index (χ3n) is 2.72. The zero-order valence-corrected chi connectivity index (χ0v) is 10.7. The fourth-order valence-electron chi connectivity index (χ4n) is 1.45. The highest BCUT2D eigenvalue weighted by atomic mass is 16.2. The van der Waals surface area contributed by atoms with Crippen molar-refractivity contribution in [1.29, 1.82) is 0 Å². The van der Waals surface area contributed by atoms with Gasteiger partial charge in [0, 0.05) is 18.2 Å². The van der Waals surface area contributed by atoms with Crippen LogP contribution >= 0.6 is 0 Å². The van der Waals surface area contributed by atoms with E-state index >= 15 is 0 Å². The lowest BCUT2D eigenvalue weighted by Crippen LogP contribution is -2.28. The van der Waals surface area contributed by atoms with Gasteiger partial charge in [0.2, 0.25) is 5.91 Å². The number of anilines is 1. The second-order valence-electron chi connectivity index (χ2n) is 4.22. The summed E-state index contributed by atoms with van der Waals surface area (Å²) in [4.78, 5) is 22.3. The summed E-state index contributed by atoms with van der Waals surface area (Å²) in [6.45, 7) is 4.31. The van der Waals surface area contributed by atoms with Gasteiger partial charge in [0.1, 0.15) is 0 Å². The van der Waals surface area contributed by atoms with Crippen LogP contribution in [0.25, 0.3) is 0 Å². The van der Waals surface area contributed by atoms with Crippen molar-refractivity contribution < 1.29 is 9.59 Å². The summed E-state index contributed by atoms with van der Waals surface area (Å²) >= 11 is 0. The molecular formula is C13H19N3O2. The standard InChI is InChI=1S/C13H19N3O2/c1-3-9(2)12(17)15-8-10-5-4-6-11(7-10)16-13(14)18/h4-7,9H,3,8H2,1-2H3,(H,15,17)(H3,14,16,18)/t9-/m1/s1. The third-order valence-corrected chi connectivity index (χ3v) is 2.72. The van der Waals surface area contributed by atoms with Crippen LogP contribution in [-0.2, 0) is 11.3 Å². The van der Waals surface area contributed by atoms with Gasteiger partial charge in [-0.05, 0) is 24.1 Å². The van der Waals surface area contributed by atoms with E-state index in [1.165, 1.54) is 0 Å². The lowest BCUT2D eigenvalue weighted by Gasteiger charge is -2.10. The lowest BCUT2D eigenvalue weighted by molar-refractivity contribution is -0.124. The molecule has 0 aliphatic carbocycles. The second kappa shape index (κ2) is 6.64. The molecule has 0 fully saturated rings. The first-order chi connectivity index (χ1) is 8.52. The number of nitrogens with two attached hydrogens (primary N) is 1. The number of benzene rings is 1. The number of hydrogen-bond donors (Lipinski definition) is 3. The van der Waals surface area contributed by atoms with Gasteiger partial charge in [0.25, 0.3) is 0 Å². The number of urea groups is 1. The van der Waals surface area contributed by atoms with E-state index in [-0.39, 0.29) is 11.8 Å². The molecular weight excluding hydrogens is 230 g/mol. The van der Waals surface area contributed by atoms with Crippen LogP contribution in [0.4, 0.5) is 10.5 Å². The molecule has 0 saturated heterocycles. The summed E-state index contributed by atoms with van der Waals surface area (Å²) < 4.78 is 0. The van der Waals surface area contributed by atoms with Gasteiger partial charge in [-0.1, -0.05) is 26.0 Å². The first-order valence-corrected chi connectivity index (χ1v) is 5.96. The molecule has 1 aromatic rings. The van der Waals surface area contributed by atoms with Crippen molar-refractivity contribution in [3.8, 4) is 0 Å². The Bertz CT molecular complexity index is 432. The summed E-state index contributed by atoms with van der Waals surface area (Å²) in [7, 11) is 0. The van der Waals surface area contributed by atoms with Crippen LogP contribution in [0.1, 0.15) is 25.8 Å². The minimum absolute atomic E-state index is 0.0110. The molecule has 1 aromatic carbocycles. The van der Waals surface area contributed by atoms with Crippen LogP contribution in [0.15, 0.2) is 24.3 Å². The van der Waals surface area contributed by atoms with E-state index < -0.39 is 6.03 Å². The Kier molecular flexibility index (Phi) is 5.17. The van der Waals surface area contributed by atoms with Crippen molar-refractivity contribution in [2.24, 2.45) is 11.7 Å². The number of carbonyl (C=O) groups excluding carboxylic acids is 2. The highest BCUT2D eigenvalue weighted by molar-refractivity contribution is 5.87. The molecule has 5 heteroatoms. The smallest absolute Gasteiger partial charge is 0.316 e. The van der Waals surface area contributed by atoms with Crippen molar-refractivity contribution in [2.75, 3.05) is 5.32 Å². The maximum absolute atomic E-state index is 11.6. The van der Waals surface area contributed by atoms with Gasteiger partial charge in [0.15, 0.2) is 0 Å². The van der Waals surface area contributed by atoms with E-state index in [0.717, 1.165) is 12.0 Å². The first kappa shape index (κ1) is 14.0. The molecule has 4 N–H and O–H groups in total. The number of nitrogens with one attached hydrogen (secondary N) is 2. The van der Waals surface area contributed by atoms with Gasteiger partial charge in [-0.15, -0.1) is 0 Å². The number of amides is 3. The quantitative estimate of drug-likeness (QED) is 0.744. The van der Waals surface area contributed by atoms with Gasteiger partial charge < -0.3 is 16.4 Å². The van der Waals surface area contributed by atoms with Crippen molar-refractivity contribution >= 4 is 17.6 Å². The molecule has 0 bridgehead atoms. The van der Waals surface area contributed by atoms with Crippen LogP contribution in [0.5, 0.6) is 0 Å². The largest absolute Gasteiger partial charge is 0.352 e. The maximum Gasteiger partial charge on any atom is 0.316 e. The lowest BCUT2D eigenvalue weighted by atomic mass is 10.1. The molecule has 0 unspecified atom stereocenters. The molecule has 0 aliphatic heterocycles. The van der Waals surface area contributed by atoms with Crippen molar-refractivity contribution in [3.05, 3.63) is 29.8 Å². The molecule has 0 spiro atoms. The monoisotopic (exact) mass is 249 g/mol. The van der Waals surface area contributed by atoms with E-state index in [0.29, 0.717) is 12.2 Å². The molecule has 5 nitrogen and oxygen atoms in total. The van der Waals surface area contributed by atoms with Gasteiger partial charge in [-0.2, -0.15) is 0 Å². The van der Waals surface area contributed by atoms with Gasteiger partial charge in [-0.25, -0.2) is 4.79 Å². The highest BCUT2D eigenvalue weighted by Gasteiger charge is 2.09. The molecule has 1 rings (SSSR count). The molecule has 1 atom stereocenters. The second-order valence-corrected chi connectivity index (χ2v) is 4.22. The normalized spacial score (nSPS) is 11.7. The molecule has 0 heterocycles. The Morgan fingerprint density at radius 3 is 2.72 bits per heavy atom. The molecule has 98 valence electrons. The Balaban J connectivity index is 2.57. The molecule has 18 heavy (non-hydrogen) atoms. The van der Waals surface area contributed by atoms with Gasteiger partial charge >= 0.3 is 6.03 Å². The number of primary amides is 1. The Morgan fingerprint density at radius 2 is 2.11 bits per heavy atom. The molecule has 3 amide bonds. The summed E-state index contributed by atoms with van der Waals surface area (Å²) in [5, 5.41) is 5.34. The Morgan fingerprint density at radius 1 is 1.39 bits per heavy atom. The predicted molar refractivity (Wildman–Crippen MR) is 70.9 cm³/mol.